The standard InChI is InChI=1S/C12H21N3O2/c1-5-12(2,11(16)17)9-14(3)7-10-6-13-15(4)8-10/h6,8H,5,7,9H2,1-4H3,(H,16,17). The molecule has 0 aliphatic heterocycles. The molecule has 0 spiro atoms. The minimum absolute atomic E-state index is 0.535. The number of nitrogens with zero attached hydrogens (tertiary/aromatic N) is 3. The van der Waals surface area contributed by atoms with Crippen LogP contribution in [0.1, 0.15) is 25.8 Å². The molecule has 1 atom stereocenters. The first-order valence-electron chi connectivity index (χ1n) is 5.77. The van der Waals surface area contributed by atoms with Gasteiger partial charge in [0.25, 0.3) is 0 Å². The first-order chi connectivity index (χ1) is 7.87. The van der Waals surface area contributed by atoms with Gasteiger partial charge in [0.2, 0.25) is 0 Å². The summed E-state index contributed by atoms with van der Waals surface area (Å²) in [5, 5.41) is 13.3. The van der Waals surface area contributed by atoms with Crippen molar-refractivity contribution in [2.45, 2.75) is 26.8 Å². The van der Waals surface area contributed by atoms with Crippen LogP contribution in [0.5, 0.6) is 0 Å². The molecule has 0 aliphatic carbocycles. The van der Waals surface area contributed by atoms with E-state index in [1.54, 1.807) is 17.8 Å². The number of aryl methyl sites for hydroxylation is 1. The summed E-state index contributed by atoms with van der Waals surface area (Å²) in [7, 11) is 3.81. The maximum absolute atomic E-state index is 11.2. The second-order valence-corrected chi connectivity index (χ2v) is 4.91. The molecule has 0 radical (unpaired) electrons. The van der Waals surface area contributed by atoms with Gasteiger partial charge in [0.05, 0.1) is 11.6 Å². The molecule has 0 saturated heterocycles. The molecule has 1 N–H and O–H groups in total. The van der Waals surface area contributed by atoms with Crippen molar-refractivity contribution in [1.29, 1.82) is 0 Å². The molecule has 5 heteroatoms. The zero-order chi connectivity index (χ0) is 13.1. The number of carbonyl (C=O) groups is 1. The number of aromatic nitrogens is 2. The van der Waals surface area contributed by atoms with Gasteiger partial charge in [0.15, 0.2) is 0 Å². The SMILES string of the molecule is CCC(C)(CN(C)Cc1cnn(C)c1)C(=O)O. The van der Waals surface area contributed by atoms with E-state index in [2.05, 4.69) is 5.10 Å². The molecule has 1 aromatic rings. The lowest BCUT2D eigenvalue weighted by Gasteiger charge is -2.28. The van der Waals surface area contributed by atoms with Crippen LogP contribution in [0.3, 0.4) is 0 Å². The predicted molar refractivity (Wildman–Crippen MR) is 65.6 cm³/mol. The van der Waals surface area contributed by atoms with Crippen LogP contribution in [0.4, 0.5) is 0 Å². The monoisotopic (exact) mass is 239 g/mol. The smallest absolute Gasteiger partial charge is 0.310 e. The summed E-state index contributed by atoms with van der Waals surface area (Å²) >= 11 is 0. The first-order valence-corrected chi connectivity index (χ1v) is 5.77. The maximum atomic E-state index is 11.2. The van der Waals surface area contributed by atoms with Gasteiger partial charge < -0.3 is 10.0 Å². The normalized spacial score (nSPS) is 14.9. The predicted octanol–water partition coefficient (Wildman–Crippen LogP) is 1.35. The average molecular weight is 239 g/mol. The highest BCUT2D eigenvalue weighted by atomic mass is 16.4. The molecule has 5 nitrogen and oxygen atoms in total. The molecule has 17 heavy (non-hydrogen) atoms. The second kappa shape index (κ2) is 5.31. The molecule has 0 aliphatic rings. The van der Waals surface area contributed by atoms with Crippen molar-refractivity contribution in [2.75, 3.05) is 13.6 Å². The van der Waals surface area contributed by atoms with Gasteiger partial charge in [-0.15, -0.1) is 0 Å². The molecule has 0 fully saturated rings. The van der Waals surface area contributed by atoms with E-state index in [4.69, 9.17) is 0 Å². The van der Waals surface area contributed by atoms with Crippen molar-refractivity contribution < 1.29 is 9.90 Å². The number of rotatable bonds is 6. The second-order valence-electron chi connectivity index (χ2n) is 4.91. The van der Waals surface area contributed by atoms with Gasteiger partial charge in [-0.2, -0.15) is 5.10 Å². The largest absolute Gasteiger partial charge is 0.481 e. The molecular formula is C12H21N3O2. The fourth-order valence-electron chi connectivity index (χ4n) is 1.85. The van der Waals surface area contributed by atoms with E-state index in [-0.39, 0.29) is 0 Å². The summed E-state index contributed by atoms with van der Waals surface area (Å²) in [5.74, 6) is -0.738. The maximum Gasteiger partial charge on any atom is 0.310 e. The van der Waals surface area contributed by atoms with Gasteiger partial charge >= 0.3 is 5.97 Å². The van der Waals surface area contributed by atoms with Gasteiger partial charge in [-0.1, -0.05) is 6.92 Å². The Bertz CT molecular complexity index is 389. The highest BCUT2D eigenvalue weighted by Gasteiger charge is 2.32. The first kappa shape index (κ1) is 13.7. The Kier molecular flexibility index (Phi) is 4.28. The van der Waals surface area contributed by atoms with E-state index in [0.29, 0.717) is 13.0 Å². The topological polar surface area (TPSA) is 58.4 Å². The van der Waals surface area contributed by atoms with Crippen LogP contribution in [-0.2, 0) is 18.4 Å². The Hall–Kier alpha value is -1.36. The van der Waals surface area contributed by atoms with Crippen LogP contribution < -0.4 is 0 Å². The van der Waals surface area contributed by atoms with Crippen LogP contribution in [0.15, 0.2) is 12.4 Å². The number of hydrogen-bond donors (Lipinski definition) is 1. The summed E-state index contributed by atoms with van der Waals surface area (Å²) in [5.41, 5.74) is 0.413. The summed E-state index contributed by atoms with van der Waals surface area (Å²) in [6.45, 7) is 4.95. The third kappa shape index (κ3) is 3.56. The minimum Gasteiger partial charge on any atom is -0.481 e. The van der Waals surface area contributed by atoms with Crippen molar-refractivity contribution in [3.8, 4) is 0 Å². The molecule has 1 unspecified atom stereocenters. The Labute approximate surface area is 102 Å². The van der Waals surface area contributed by atoms with Crippen molar-refractivity contribution in [3.63, 3.8) is 0 Å². The number of carboxylic acids is 1. The Morgan fingerprint density at radius 3 is 2.71 bits per heavy atom. The fraction of sp³-hybridized carbons (Fsp3) is 0.667. The fourth-order valence-corrected chi connectivity index (χ4v) is 1.85. The van der Waals surface area contributed by atoms with E-state index in [9.17, 15) is 9.90 Å². The van der Waals surface area contributed by atoms with Crippen molar-refractivity contribution >= 4 is 5.97 Å². The zero-order valence-corrected chi connectivity index (χ0v) is 11.0. The number of aliphatic carboxylic acids is 1. The molecule has 0 amide bonds. The Balaban J connectivity index is 2.59. The summed E-state index contributed by atoms with van der Waals surface area (Å²) in [4.78, 5) is 13.2. The van der Waals surface area contributed by atoms with E-state index in [1.807, 2.05) is 32.1 Å². The Morgan fingerprint density at radius 1 is 1.65 bits per heavy atom. The van der Waals surface area contributed by atoms with Crippen LogP contribution >= 0.6 is 0 Å². The van der Waals surface area contributed by atoms with E-state index < -0.39 is 11.4 Å². The third-order valence-corrected chi connectivity index (χ3v) is 3.13. The summed E-state index contributed by atoms with van der Waals surface area (Å²) in [6.07, 6.45) is 4.38. The van der Waals surface area contributed by atoms with E-state index in [0.717, 1.165) is 12.1 Å². The molecule has 1 heterocycles. The van der Waals surface area contributed by atoms with Crippen molar-refractivity contribution in [1.82, 2.24) is 14.7 Å². The van der Waals surface area contributed by atoms with Gasteiger partial charge in [-0.25, -0.2) is 0 Å². The third-order valence-electron chi connectivity index (χ3n) is 3.13. The number of carboxylic acid groups (broad SMARTS) is 1. The highest BCUT2D eigenvalue weighted by Crippen LogP contribution is 2.23. The van der Waals surface area contributed by atoms with Crippen LogP contribution in [0.2, 0.25) is 0 Å². The van der Waals surface area contributed by atoms with Gasteiger partial charge in [0.1, 0.15) is 0 Å². The zero-order valence-electron chi connectivity index (χ0n) is 11.0. The van der Waals surface area contributed by atoms with Crippen LogP contribution in [0.25, 0.3) is 0 Å². The lowest BCUT2D eigenvalue weighted by atomic mass is 9.87. The number of hydrogen-bond acceptors (Lipinski definition) is 3. The lowest BCUT2D eigenvalue weighted by molar-refractivity contribution is -0.149. The molecule has 0 bridgehead atoms. The lowest BCUT2D eigenvalue weighted by Crippen LogP contribution is -2.38. The molecule has 96 valence electrons. The summed E-state index contributed by atoms with van der Waals surface area (Å²) in [6, 6.07) is 0. The molecule has 0 aromatic carbocycles. The Morgan fingerprint density at radius 2 is 2.29 bits per heavy atom. The van der Waals surface area contributed by atoms with Gasteiger partial charge in [-0.3, -0.25) is 9.48 Å². The molecule has 0 saturated carbocycles. The van der Waals surface area contributed by atoms with Crippen molar-refractivity contribution in [3.05, 3.63) is 18.0 Å². The van der Waals surface area contributed by atoms with Gasteiger partial charge in [-0.05, 0) is 20.4 Å². The minimum atomic E-state index is -0.738. The van der Waals surface area contributed by atoms with Crippen LogP contribution in [0, 0.1) is 5.41 Å². The molecular weight excluding hydrogens is 218 g/mol. The van der Waals surface area contributed by atoms with E-state index in [1.165, 1.54) is 0 Å². The van der Waals surface area contributed by atoms with E-state index >= 15 is 0 Å². The summed E-state index contributed by atoms with van der Waals surface area (Å²) < 4.78 is 1.75. The average Bonchev–Trinajstić information content (AvgIpc) is 2.63. The highest BCUT2D eigenvalue weighted by molar-refractivity contribution is 5.74. The van der Waals surface area contributed by atoms with Crippen LogP contribution in [-0.4, -0.2) is 39.3 Å². The molecule has 1 aromatic heterocycles. The quantitative estimate of drug-likeness (QED) is 0.814. The van der Waals surface area contributed by atoms with Crippen molar-refractivity contribution in [2.24, 2.45) is 12.5 Å². The molecule has 1 rings (SSSR count). The van der Waals surface area contributed by atoms with Gasteiger partial charge in [0, 0.05) is 31.9 Å².